The number of hydrogen-bond acceptors (Lipinski definition) is 8. The molecule has 3 fully saturated rings. The zero-order valence-electron chi connectivity index (χ0n) is 18.3. The fraction of sp³-hybridized carbons (Fsp3) is 0.591. The monoisotopic (exact) mass is 440 g/mol. The van der Waals surface area contributed by atoms with Crippen molar-refractivity contribution in [3.05, 3.63) is 24.3 Å². The van der Waals surface area contributed by atoms with E-state index in [9.17, 15) is 4.79 Å². The molecule has 0 spiro atoms. The van der Waals surface area contributed by atoms with Gasteiger partial charge in [0.1, 0.15) is 18.5 Å². The van der Waals surface area contributed by atoms with E-state index in [2.05, 4.69) is 30.9 Å². The Labute approximate surface area is 187 Å². The molecule has 32 heavy (non-hydrogen) atoms. The third-order valence-corrected chi connectivity index (χ3v) is 6.69. The van der Waals surface area contributed by atoms with Crippen molar-refractivity contribution in [1.82, 2.24) is 30.3 Å². The standard InChI is InChI=1S/C22H32N8O2/c23-21-27-22(28-30(21)20-17-7-8-19(31)26-18(17)9-10-24-20)25-15-3-5-16(6-4-15)32-14-13-29-11-1-2-12-29/h3-6,17-18,20,24H,1-2,7-14H2,(H,26,31)(H3,23,25,27,28). The van der Waals surface area contributed by atoms with Crippen molar-refractivity contribution in [3.8, 4) is 5.75 Å². The number of ether oxygens (including phenoxy) is 1. The Kier molecular flexibility index (Phi) is 6.13. The Morgan fingerprint density at radius 1 is 1.19 bits per heavy atom. The van der Waals surface area contributed by atoms with E-state index in [4.69, 9.17) is 10.5 Å². The summed E-state index contributed by atoms with van der Waals surface area (Å²) in [4.78, 5) is 18.6. The first-order chi connectivity index (χ1) is 15.7. The van der Waals surface area contributed by atoms with Gasteiger partial charge in [0.05, 0.1) is 0 Å². The van der Waals surface area contributed by atoms with Gasteiger partial charge < -0.3 is 21.1 Å². The minimum Gasteiger partial charge on any atom is -0.492 e. The molecule has 5 N–H and O–H groups in total. The van der Waals surface area contributed by atoms with Gasteiger partial charge in [-0.1, -0.05) is 0 Å². The molecule has 172 valence electrons. The zero-order valence-corrected chi connectivity index (χ0v) is 18.3. The highest BCUT2D eigenvalue weighted by molar-refractivity contribution is 5.77. The van der Waals surface area contributed by atoms with Crippen molar-refractivity contribution in [2.45, 2.75) is 44.3 Å². The van der Waals surface area contributed by atoms with Crippen molar-refractivity contribution in [2.24, 2.45) is 5.92 Å². The fourth-order valence-corrected chi connectivity index (χ4v) is 5.01. The summed E-state index contributed by atoms with van der Waals surface area (Å²) < 4.78 is 7.61. The summed E-state index contributed by atoms with van der Waals surface area (Å²) in [5, 5.41) is 14.4. The summed E-state index contributed by atoms with van der Waals surface area (Å²) in [6.07, 6.45) is 4.77. The second-order valence-corrected chi connectivity index (χ2v) is 8.85. The third kappa shape index (κ3) is 4.66. The summed E-state index contributed by atoms with van der Waals surface area (Å²) in [7, 11) is 0. The van der Waals surface area contributed by atoms with E-state index < -0.39 is 0 Å². The molecule has 0 radical (unpaired) electrons. The number of hydrogen-bond donors (Lipinski definition) is 4. The molecular weight excluding hydrogens is 408 g/mol. The van der Waals surface area contributed by atoms with E-state index in [-0.39, 0.29) is 24.0 Å². The van der Waals surface area contributed by atoms with Gasteiger partial charge in [0, 0.05) is 30.6 Å². The maximum atomic E-state index is 11.8. The number of rotatable bonds is 7. The van der Waals surface area contributed by atoms with Crippen LogP contribution in [0.5, 0.6) is 5.75 Å². The molecule has 4 heterocycles. The lowest BCUT2D eigenvalue weighted by Gasteiger charge is -2.41. The van der Waals surface area contributed by atoms with Crippen molar-refractivity contribution >= 4 is 23.5 Å². The molecule has 0 aliphatic carbocycles. The zero-order chi connectivity index (χ0) is 21.9. The third-order valence-electron chi connectivity index (χ3n) is 6.69. The van der Waals surface area contributed by atoms with E-state index in [0.29, 0.717) is 24.9 Å². The first kappa shape index (κ1) is 21.0. The van der Waals surface area contributed by atoms with Gasteiger partial charge in [-0.15, -0.1) is 5.10 Å². The lowest BCUT2D eigenvalue weighted by molar-refractivity contribution is -0.125. The molecular formula is C22H32N8O2. The lowest BCUT2D eigenvalue weighted by atomic mass is 9.83. The molecule has 1 amide bonds. The summed E-state index contributed by atoms with van der Waals surface area (Å²) in [6, 6.07) is 7.96. The molecule has 3 aliphatic rings. The van der Waals surface area contributed by atoms with Crippen LogP contribution in [0.25, 0.3) is 0 Å². The van der Waals surface area contributed by atoms with Crippen LogP contribution in [0.1, 0.15) is 38.3 Å². The van der Waals surface area contributed by atoms with Crippen LogP contribution in [0, 0.1) is 5.92 Å². The van der Waals surface area contributed by atoms with Crippen LogP contribution in [-0.4, -0.2) is 64.4 Å². The number of benzene rings is 1. The van der Waals surface area contributed by atoms with Crippen molar-refractivity contribution in [2.75, 3.05) is 43.8 Å². The van der Waals surface area contributed by atoms with E-state index in [0.717, 1.165) is 37.4 Å². The molecule has 10 heteroatoms. The number of carbonyl (C=O) groups is 1. The average Bonchev–Trinajstić information content (AvgIpc) is 3.44. The molecule has 1 aromatic heterocycles. The van der Waals surface area contributed by atoms with Crippen LogP contribution in [0.3, 0.4) is 0 Å². The number of carbonyl (C=O) groups excluding carboxylic acids is 1. The number of likely N-dealkylation sites (tertiary alicyclic amines) is 1. The van der Waals surface area contributed by atoms with Crippen LogP contribution >= 0.6 is 0 Å². The van der Waals surface area contributed by atoms with Crippen molar-refractivity contribution in [3.63, 3.8) is 0 Å². The van der Waals surface area contributed by atoms with Gasteiger partial charge in [-0.25, -0.2) is 4.68 Å². The van der Waals surface area contributed by atoms with Gasteiger partial charge in [-0.2, -0.15) is 4.98 Å². The Hall–Kier alpha value is -2.85. The Morgan fingerprint density at radius 2 is 2.00 bits per heavy atom. The first-order valence-corrected chi connectivity index (χ1v) is 11.6. The molecule has 3 unspecified atom stereocenters. The molecule has 3 aliphatic heterocycles. The van der Waals surface area contributed by atoms with Crippen molar-refractivity contribution in [1.29, 1.82) is 0 Å². The summed E-state index contributed by atoms with van der Waals surface area (Å²) in [5.41, 5.74) is 7.07. The second-order valence-electron chi connectivity index (χ2n) is 8.85. The number of nitrogens with one attached hydrogen (secondary N) is 3. The number of nitrogen functional groups attached to an aromatic ring is 1. The summed E-state index contributed by atoms with van der Waals surface area (Å²) in [5.74, 6) is 2.03. The van der Waals surface area contributed by atoms with Crippen LogP contribution in [-0.2, 0) is 4.79 Å². The number of fused-ring (bicyclic) bond motifs is 1. The van der Waals surface area contributed by atoms with Crippen LogP contribution < -0.4 is 26.4 Å². The number of anilines is 3. The average molecular weight is 441 g/mol. The SMILES string of the molecule is Nc1nc(Nc2ccc(OCCN3CCCC3)cc2)nn1C1NCCC2NC(=O)CCC21. The highest BCUT2D eigenvalue weighted by Crippen LogP contribution is 2.33. The van der Waals surface area contributed by atoms with E-state index in [1.54, 1.807) is 4.68 Å². The molecule has 2 aromatic rings. The number of amides is 1. The minimum atomic E-state index is -0.0798. The van der Waals surface area contributed by atoms with Crippen LogP contribution in [0.15, 0.2) is 24.3 Å². The smallest absolute Gasteiger partial charge is 0.248 e. The van der Waals surface area contributed by atoms with Crippen LogP contribution in [0.2, 0.25) is 0 Å². The van der Waals surface area contributed by atoms with Gasteiger partial charge >= 0.3 is 0 Å². The minimum absolute atomic E-state index is 0.0798. The van der Waals surface area contributed by atoms with E-state index in [1.165, 1.54) is 25.9 Å². The Morgan fingerprint density at radius 3 is 2.81 bits per heavy atom. The Balaban J connectivity index is 1.19. The predicted octanol–water partition coefficient (Wildman–Crippen LogP) is 1.47. The molecule has 0 saturated carbocycles. The highest BCUT2D eigenvalue weighted by Gasteiger charge is 2.39. The molecule has 3 saturated heterocycles. The summed E-state index contributed by atoms with van der Waals surface area (Å²) >= 11 is 0. The second kappa shape index (κ2) is 9.33. The molecule has 0 bridgehead atoms. The maximum Gasteiger partial charge on any atom is 0.248 e. The Bertz CT molecular complexity index is 925. The molecule has 10 nitrogen and oxygen atoms in total. The van der Waals surface area contributed by atoms with Gasteiger partial charge in [0.15, 0.2) is 0 Å². The van der Waals surface area contributed by atoms with Gasteiger partial charge in [-0.3, -0.25) is 15.0 Å². The summed E-state index contributed by atoms with van der Waals surface area (Å²) in [6.45, 7) is 4.84. The first-order valence-electron chi connectivity index (χ1n) is 11.6. The number of nitrogens with zero attached hydrogens (tertiary/aromatic N) is 4. The topological polar surface area (TPSA) is 122 Å². The van der Waals surface area contributed by atoms with Gasteiger partial charge in [0.2, 0.25) is 17.8 Å². The quantitative estimate of drug-likeness (QED) is 0.511. The fourth-order valence-electron chi connectivity index (χ4n) is 5.01. The van der Waals surface area contributed by atoms with E-state index in [1.807, 2.05) is 24.3 Å². The number of aromatic nitrogens is 3. The highest BCUT2D eigenvalue weighted by atomic mass is 16.5. The molecule has 1 aromatic carbocycles. The number of piperidine rings is 2. The molecule has 5 rings (SSSR count). The maximum absolute atomic E-state index is 11.8. The normalized spacial score (nSPS) is 25.9. The van der Waals surface area contributed by atoms with Crippen LogP contribution in [0.4, 0.5) is 17.6 Å². The predicted molar refractivity (Wildman–Crippen MR) is 122 cm³/mol. The van der Waals surface area contributed by atoms with Crippen molar-refractivity contribution < 1.29 is 9.53 Å². The largest absolute Gasteiger partial charge is 0.492 e. The number of nitrogens with two attached hydrogens (primary N) is 1. The van der Waals surface area contributed by atoms with Gasteiger partial charge in [-0.05, 0) is 69.6 Å². The van der Waals surface area contributed by atoms with Gasteiger partial charge in [0.25, 0.3) is 0 Å². The van der Waals surface area contributed by atoms with E-state index >= 15 is 0 Å². The lowest BCUT2D eigenvalue weighted by Crippen LogP contribution is -2.55. The molecule has 3 atom stereocenters.